The molecule has 1 unspecified atom stereocenters. The molecule has 2 rings (SSSR count). The van der Waals surface area contributed by atoms with Crippen molar-refractivity contribution in [3.05, 3.63) is 35.4 Å². The number of carbonyl (C=O) groups is 1. The fourth-order valence-electron chi connectivity index (χ4n) is 4.14. The van der Waals surface area contributed by atoms with Crippen LogP contribution >= 0.6 is 0 Å². The summed E-state index contributed by atoms with van der Waals surface area (Å²) in [6, 6.07) is 8.29. The highest BCUT2D eigenvalue weighted by Gasteiger charge is 2.21. The van der Waals surface area contributed by atoms with E-state index >= 15 is 0 Å². The third kappa shape index (κ3) is 5.65. The van der Waals surface area contributed by atoms with E-state index in [9.17, 15) is 9.90 Å². The minimum Gasteiger partial charge on any atom is -0.481 e. The molecule has 0 saturated heterocycles. The van der Waals surface area contributed by atoms with Crippen molar-refractivity contribution in [2.45, 2.75) is 84.0 Å². The minimum atomic E-state index is -0.718. The van der Waals surface area contributed by atoms with E-state index in [2.05, 4.69) is 19.1 Å². The Morgan fingerprint density at radius 3 is 2.12 bits per heavy atom. The first-order valence-electron chi connectivity index (χ1n) is 9.95. The number of aliphatic carboxylic acids is 1. The second-order valence-electron chi connectivity index (χ2n) is 7.61. The van der Waals surface area contributed by atoms with E-state index in [4.69, 9.17) is 0 Å². The zero-order chi connectivity index (χ0) is 17.4. The van der Waals surface area contributed by atoms with Gasteiger partial charge in [-0.2, -0.15) is 0 Å². The van der Waals surface area contributed by atoms with E-state index in [1.807, 2.05) is 19.1 Å². The molecule has 1 aliphatic rings. The third-order valence-electron chi connectivity index (χ3n) is 5.86. The number of benzene rings is 1. The molecule has 0 aliphatic heterocycles. The molecule has 0 radical (unpaired) electrons. The van der Waals surface area contributed by atoms with Gasteiger partial charge in [-0.25, -0.2) is 0 Å². The maximum absolute atomic E-state index is 11.2. The monoisotopic (exact) mass is 330 g/mol. The Bertz CT molecular complexity index is 483. The Balaban J connectivity index is 1.76. The van der Waals surface area contributed by atoms with Crippen LogP contribution in [-0.4, -0.2) is 11.1 Å². The molecule has 0 heterocycles. The van der Waals surface area contributed by atoms with Crippen LogP contribution in [-0.2, 0) is 11.2 Å². The van der Waals surface area contributed by atoms with Crippen molar-refractivity contribution in [3.63, 3.8) is 0 Å². The summed E-state index contributed by atoms with van der Waals surface area (Å²) < 4.78 is 0. The van der Waals surface area contributed by atoms with Crippen LogP contribution in [0.5, 0.6) is 0 Å². The molecule has 0 bridgehead atoms. The van der Waals surface area contributed by atoms with Gasteiger partial charge in [-0.05, 0) is 42.2 Å². The summed E-state index contributed by atoms with van der Waals surface area (Å²) in [4.78, 5) is 11.2. The Hall–Kier alpha value is -1.31. The highest BCUT2D eigenvalue weighted by molar-refractivity contribution is 5.75. The standard InChI is InChI=1S/C22H34O2/c1-3-5-6-17-7-9-18(10-8-17)11-12-19-13-15-20(16-14-19)21(4-2)22(23)24/h13-18,21H,3-12H2,1-2H3,(H,23,24). The largest absolute Gasteiger partial charge is 0.481 e. The van der Waals surface area contributed by atoms with Crippen LogP contribution in [0.25, 0.3) is 0 Å². The molecule has 0 aromatic heterocycles. The quantitative estimate of drug-likeness (QED) is 0.586. The molecule has 2 nitrogen and oxygen atoms in total. The van der Waals surface area contributed by atoms with Gasteiger partial charge >= 0.3 is 5.97 Å². The van der Waals surface area contributed by atoms with E-state index in [1.165, 1.54) is 56.9 Å². The number of carboxylic acid groups (broad SMARTS) is 1. The molecular weight excluding hydrogens is 296 g/mol. The predicted octanol–water partition coefficient (Wildman–Crippen LogP) is 6.19. The molecule has 1 aromatic rings. The van der Waals surface area contributed by atoms with E-state index < -0.39 is 5.97 Å². The van der Waals surface area contributed by atoms with Crippen molar-refractivity contribution in [2.75, 3.05) is 0 Å². The van der Waals surface area contributed by atoms with Crippen molar-refractivity contribution in [1.29, 1.82) is 0 Å². The fraction of sp³-hybridized carbons (Fsp3) is 0.682. The first-order valence-corrected chi connectivity index (χ1v) is 9.95. The number of rotatable bonds is 9. The lowest BCUT2D eigenvalue weighted by Crippen LogP contribution is -2.15. The molecule has 1 saturated carbocycles. The van der Waals surface area contributed by atoms with Gasteiger partial charge in [-0.1, -0.05) is 83.1 Å². The lowest BCUT2D eigenvalue weighted by Gasteiger charge is -2.28. The van der Waals surface area contributed by atoms with E-state index in [0.29, 0.717) is 6.42 Å². The Labute approximate surface area is 147 Å². The molecule has 1 fully saturated rings. The second-order valence-corrected chi connectivity index (χ2v) is 7.61. The fourth-order valence-corrected chi connectivity index (χ4v) is 4.14. The maximum Gasteiger partial charge on any atom is 0.310 e. The summed E-state index contributed by atoms with van der Waals surface area (Å²) in [5.41, 5.74) is 2.29. The molecule has 2 heteroatoms. The molecule has 0 spiro atoms. The number of unbranched alkanes of at least 4 members (excludes halogenated alkanes) is 1. The first kappa shape index (κ1) is 19.0. The van der Waals surface area contributed by atoms with Gasteiger partial charge in [-0.3, -0.25) is 4.79 Å². The van der Waals surface area contributed by atoms with Crippen LogP contribution in [0.2, 0.25) is 0 Å². The molecule has 134 valence electrons. The molecule has 24 heavy (non-hydrogen) atoms. The van der Waals surface area contributed by atoms with Crippen LogP contribution < -0.4 is 0 Å². The summed E-state index contributed by atoms with van der Waals surface area (Å²) in [6.45, 7) is 4.22. The zero-order valence-electron chi connectivity index (χ0n) is 15.5. The molecule has 1 aliphatic carbocycles. The topological polar surface area (TPSA) is 37.3 Å². The molecule has 0 amide bonds. The van der Waals surface area contributed by atoms with Gasteiger partial charge < -0.3 is 5.11 Å². The third-order valence-corrected chi connectivity index (χ3v) is 5.86. The average Bonchev–Trinajstić information content (AvgIpc) is 2.60. The van der Waals surface area contributed by atoms with Gasteiger partial charge in [0.05, 0.1) is 5.92 Å². The van der Waals surface area contributed by atoms with Crippen LogP contribution in [0.1, 0.15) is 88.7 Å². The Kier molecular flexibility index (Phi) is 7.81. The number of carboxylic acids is 1. The van der Waals surface area contributed by atoms with Gasteiger partial charge in [0.2, 0.25) is 0 Å². The second kappa shape index (κ2) is 9.86. The summed E-state index contributed by atoms with van der Waals surface area (Å²) in [5.74, 6) is 0.801. The van der Waals surface area contributed by atoms with Gasteiger partial charge in [0, 0.05) is 0 Å². The Morgan fingerprint density at radius 1 is 1.04 bits per heavy atom. The van der Waals surface area contributed by atoms with Gasteiger partial charge in [0.1, 0.15) is 0 Å². The molecule has 1 N–H and O–H groups in total. The maximum atomic E-state index is 11.2. The minimum absolute atomic E-state index is 0.363. The highest BCUT2D eigenvalue weighted by atomic mass is 16.4. The van der Waals surface area contributed by atoms with Crippen LogP contribution in [0, 0.1) is 11.8 Å². The number of hydrogen-bond acceptors (Lipinski definition) is 1. The average molecular weight is 331 g/mol. The smallest absolute Gasteiger partial charge is 0.310 e. The van der Waals surface area contributed by atoms with Crippen molar-refractivity contribution in [1.82, 2.24) is 0 Å². The van der Waals surface area contributed by atoms with E-state index in [1.54, 1.807) is 0 Å². The number of hydrogen-bond donors (Lipinski definition) is 1. The zero-order valence-corrected chi connectivity index (χ0v) is 15.5. The molecule has 1 atom stereocenters. The predicted molar refractivity (Wildman–Crippen MR) is 100 cm³/mol. The summed E-state index contributed by atoms with van der Waals surface area (Å²) in [6.07, 6.45) is 12.9. The van der Waals surface area contributed by atoms with E-state index in [0.717, 1.165) is 23.8 Å². The van der Waals surface area contributed by atoms with Gasteiger partial charge in [-0.15, -0.1) is 0 Å². The van der Waals surface area contributed by atoms with Crippen LogP contribution in [0.3, 0.4) is 0 Å². The van der Waals surface area contributed by atoms with E-state index in [-0.39, 0.29) is 5.92 Å². The van der Waals surface area contributed by atoms with Crippen molar-refractivity contribution < 1.29 is 9.90 Å². The lowest BCUT2D eigenvalue weighted by molar-refractivity contribution is -0.138. The van der Waals surface area contributed by atoms with Crippen molar-refractivity contribution >= 4 is 5.97 Å². The van der Waals surface area contributed by atoms with Gasteiger partial charge in [0.25, 0.3) is 0 Å². The molecule has 1 aromatic carbocycles. The molecular formula is C22H34O2. The summed E-state index contributed by atoms with van der Waals surface area (Å²) >= 11 is 0. The normalized spacial score (nSPS) is 22.2. The SMILES string of the molecule is CCCCC1CCC(CCc2ccc(C(CC)C(=O)O)cc2)CC1. The van der Waals surface area contributed by atoms with Crippen molar-refractivity contribution in [2.24, 2.45) is 11.8 Å². The van der Waals surface area contributed by atoms with Crippen LogP contribution in [0.4, 0.5) is 0 Å². The number of aryl methyl sites for hydroxylation is 1. The van der Waals surface area contributed by atoms with Crippen molar-refractivity contribution in [3.8, 4) is 0 Å². The first-order chi connectivity index (χ1) is 11.6. The summed E-state index contributed by atoms with van der Waals surface area (Å²) in [5, 5.41) is 9.24. The van der Waals surface area contributed by atoms with Crippen LogP contribution in [0.15, 0.2) is 24.3 Å². The van der Waals surface area contributed by atoms with Gasteiger partial charge in [0.15, 0.2) is 0 Å². The summed E-state index contributed by atoms with van der Waals surface area (Å²) in [7, 11) is 0. The Morgan fingerprint density at radius 2 is 1.62 bits per heavy atom. The lowest BCUT2D eigenvalue weighted by atomic mass is 9.78. The highest BCUT2D eigenvalue weighted by Crippen LogP contribution is 2.34.